The summed E-state index contributed by atoms with van der Waals surface area (Å²) in [5.41, 5.74) is 3.33. The molecule has 4 aliphatic rings. The van der Waals surface area contributed by atoms with Gasteiger partial charge in [0.2, 0.25) is 17.6 Å². The molecule has 5 rings (SSSR count). The van der Waals surface area contributed by atoms with Crippen LogP contribution in [0.1, 0.15) is 79.6 Å². The van der Waals surface area contributed by atoms with Gasteiger partial charge in [0.15, 0.2) is 9.84 Å². The van der Waals surface area contributed by atoms with Crippen LogP contribution in [0.15, 0.2) is 35.2 Å². The molecule has 5 atom stereocenters. The summed E-state index contributed by atoms with van der Waals surface area (Å²) < 4.78 is 26.7. The van der Waals surface area contributed by atoms with Crippen molar-refractivity contribution in [3.05, 3.63) is 30.3 Å². The molecule has 0 aromatic heterocycles. The van der Waals surface area contributed by atoms with Gasteiger partial charge in [0.1, 0.15) is 12.1 Å². The fourth-order valence-electron chi connectivity index (χ4n) is 7.82. The molecular formula is C34H49N5O7S. The van der Waals surface area contributed by atoms with Crippen LogP contribution in [-0.4, -0.2) is 78.8 Å². The molecule has 5 amide bonds. The average Bonchev–Trinajstić information content (AvgIpc) is 3.74. The van der Waals surface area contributed by atoms with Crippen molar-refractivity contribution >= 4 is 39.4 Å². The molecule has 1 aromatic carbocycles. The summed E-state index contributed by atoms with van der Waals surface area (Å²) in [5, 5.41) is 8.55. The van der Waals surface area contributed by atoms with Crippen molar-refractivity contribution in [2.45, 2.75) is 108 Å². The number of primary amides is 1. The number of ketones is 1. The maximum atomic E-state index is 14.3. The highest BCUT2D eigenvalue weighted by molar-refractivity contribution is 7.91. The monoisotopic (exact) mass is 671 g/mol. The minimum Gasteiger partial charge on any atom is -0.363 e. The van der Waals surface area contributed by atoms with Gasteiger partial charge in [-0.1, -0.05) is 78.5 Å². The lowest BCUT2D eigenvalue weighted by atomic mass is 9.85. The summed E-state index contributed by atoms with van der Waals surface area (Å²) in [7, 11) is -3.70. The van der Waals surface area contributed by atoms with E-state index in [-0.39, 0.29) is 33.8 Å². The molecule has 4 unspecified atom stereocenters. The Morgan fingerprint density at radius 3 is 2.17 bits per heavy atom. The number of nitrogens with two attached hydrogens (primary N) is 1. The number of piperidine rings is 1. The van der Waals surface area contributed by atoms with Crippen LogP contribution in [0, 0.1) is 28.6 Å². The Kier molecular flexibility index (Phi) is 9.28. The molecular weight excluding hydrogens is 622 g/mol. The number of hydrogen-bond acceptors (Lipinski definition) is 7. The molecule has 0 bridgehead atoms. The minimum atomic E-state index is -3.70. The second-order valence-corrected chi connectivity index (χ2v) is 17.8. The Hall–Kier alpha value is -3.48. The van der Waals surface area contributed by atoms with Crippen LogP contribution in [0.3, 0.4) is 0 Å². The summed E-state index contributed by atoms with van der Waals surface area (Å²) in [4.78, 5) is 67.9. The van der Waals surface area contributed by atoms with Crippen molar-refractivity contribution < 1.29 is 32.4 Å². The third-order valence-corrected chi connectivity index (χ3v) is 12.7. The predicted octanol–water partition coefficient (Wildman–Crippen LogP) is 2.31. The van der Waals surface area contributed by atoms with Crippen molar-refractivity contribution in [2.75, 3.05) is 12.3 Å². The molecule has 3 aliphatic carbocycles. The van der Waals surface area contributed by atoms with Gasteiger partial charge in [-0.15, -0.1) is 0 Å². The molecule has 47 heavy (non-hydrogen) atoms. The van der Waals surface area contributed by atoms with Crippen LogP contribution >= 0.6 is 0 Å². The number of sulfone groups is 1. The van der Waals surface area contributed by atoms with Crippen molar-refractivity contribution in [3.63, 3.8) is 0 Å². The van der Waals surface area contributed by atoms with Gasteiger partial charge >= 0.3 is 6.03 Å². The maximum Gasteiger partial charge on any atom is 0.315 e. The molecule has 1 aliphatic heterocycles. The lowest BCUT2D eigenvalue weighted by molar-refractivity contribution is -0.145. The van der Waals surface area contributed by atoms with Crippen molar-refractivity contribution in [2.24, 2.45) is 34.3 Å². The van der Waals surface area contributed by atoms with E-state index in [4.69, 9.17) is 5.73 Å². The molecule has 3 saturated carbocycles. The Balaban J connectivity index is 1.33. The number of nitrogens with zero attached hydrogens (tertiary/aromatic N) is 1. The summed E-state index contributed by atoms with van der Waals surface area (Å²) >= 11 is 0. The van der Waals surface area contributed by atoms with Gasteiger partial charge in [0, 0.05) is 6.54 Å². The van der Waals surface area contributed by atoms with Crippen LogP contribution in [0.2, 0.25) is 0 Å². The number of carbonyl (C=O) groups excluding carboxylic acids is 5. The minimum absolute atomic E-state index is 0.0512. The number of fused-ring (bicyclic) bond motifs is 1. The molecule has 4 fully saturated rings. The average molecular weight is 672 g/mol. The summed E-state index contributed by atoms with van der Waals surface area (Å²) in [5.74, 6) is -3.05. The zero-order valence-electron chi connectivity index (χ0n) is 28.0. The molecule has 0 spiro atoms. The highest BCUT2D eigenvalue weighted by Gasteiger charge is 2.70. The number of urea groups is 1. The van der Waals surface area contributed by atoms with Gasteiger partial charge in [-0.05, 0) is 60.0 Å². The topological polar surface area (TPSA) is 185 Å². The van der Waals surface area contributed by atoms with E-state index in [1.807, 2.05) is 34.6 Å². The number of likely N-dealkylation sites (tertiary alicyclic amines) is 1. The number of benzene rings is 1. The second-order valence-electron chi connectivity index (χ2n) is 15.8. The van der Waals surface area contributed by atoms with Gasteiger partial charge < -0.3 is 26.6 Å². The van der Waals surface area contributed by atoms with Crippen molar-refractivity contribution in [1.82, 2.24) is 20.9 Å². The van der Waals surface area contributed by atoms with Crippen LogP contribution in [-0.2, 0) is 29.0 Å². The van der Waals surface area contributed by atoms with E-state index >= 15 is 0 Å². The second kappa shape index (κ2) is 12.5. The van der Waals surface area contributed by atoms with Gasteiger partial charge in [-0.25, -0.2) is 13.2 Å². The van der Waals surface area contributed by atoms with Crippen LogP contribution in [0.4, 0.5) is 4.79 Å². The largest absolute Gasteiger partial charge is 0.363 e. The van der Waals surface area contributed by atoms with Gasteiger partial charge in [0.05, 0.1) is 22.2 Å². The zero-order chi connectivity index (χ0) is 34.5. The third-order valence-electron chi connectivity index (χ3n) is 10.8. The molecule has 13 heteroatoms. The fourth-order valence-corrected chi connectivity index (χ4v) is 9.64. The Morgan fingerprint density at radius 2 is 1.62 bits per heavy atom. The molecule has 1 heterocycles. The smallest absolute Gasteiger partial charge is 0.315 e. The fraction of sp³-hybridized carbons (Fsp3) is 0.676. The normalized spacial score (nSPS) is 25.6. The lowest BCUT2D eigenvalue weighted by Gasteiger charge is -2.39. The Bertz CT molecular complexity index is 1530. The number of hydrogen-bond donors (Lipinski definition) is 4. The molecule has 0 radical (unpaired) electrons. The standard InChI is InChI=1S/C34H49N5O7S/c1-32(2,3)27(37-31(44)38-34(15-9-10-16-34)19-47(45,46)21-11-7-6-8-12-21)30(43)39-18-22-24(33(22,4)5)25(39)29(42)36-23(17-20-13-14-20)26(40)28(35)41/h6-8,11-12,20,22-25,27H,9-10,13-19H2,1-5H3,(H2,35,41)(H,36,42)(H2,37,38,44)/t22?,23?,24?,25?,27-/m1/s1. The van der Waals surface area contributed by atoms with Crippen LogP contribution < -0.4 is 21.7 Å². The summed E-state index contributed by atoms with van der Waals surface area (Å²) in [6.45, 7) is 9.83. The number of amides is 5. The maximum absolute atomic E-state index is 14.3. The Labute approximate surface area is 277 Å². The summed E-state index contributed by atoms with van der Waals surface area (Å²) in [6.07, 6.45) is 4.62. The van der Waals surface area contributed by atoms with E-state index in [9.17, 15) is 32.4 Å². The number of carbonyl (C=O) groups is 5. The van der Waals surface area contributed by atoms with Crippen LogP contribution in [0.25, 0.3) is 0 Å². The van der Waals surface area contributed by atoms with E-state index in [0.717, 1.165) is 25.7 Å². The van der Waals surface area contributed by atoms with E-state index in [0.29, 0.717) is 25.8 Å². The zero-order valence-corrected chi connectivity index (χ0v) is 28.8. The first kappa shape index (κ1) is 34.8. The first-order valence-electron chi connectivity index (χ1n) is 16.7. The van der Waals surface area contributed by atoms with E-state index < -0.39 is 68.5 Å². The molecule has 258 valence electrons. The van der Waals surface area contributed by atoms with Gasteiger partial charge in [-0.3, -0.25) is 19.2 Å². The van der Waals surface area contributed by atoms with E-state index in [1.165, 1.54) is 4.90 Å². The number of rotatable bonds is 12. The van der Waals surface area contributed by atoms with E-state index in [1.54, 1.807) is 30.3 Å². The highest BCUT2D eigenvalue weighted by Crippen LogP contribution is 2.65. The highest BCUT2D eigenvalue weighted by atomic mass is 32.2. The van der Waals surface area contributed by atoms with E-state index in [2.05, 4.69) is 16.0 Å². The summed E-state index contributed by atoms with van der Waals surface area (Å²) in [6, 6.07) is 4.51. The SMILES string of the molecule is CC1(C)C2CN(C(=O)[C@@H](NC(=O)NC3(CS(=O)(=O)c4ccccc4)CCCC3)C(C)(C)C)C(C(=O)NC(CC3CC3)C(=O)C(N)=O)C21. The lowest BCUT2D eigenvalue weighted by Crippen LogP contribution is -2.63. The van der Waals surface area contributed by atoms with Crippen molar-refractivity contribution in [3.8, 4) is 0 Å². The first-order valence-corrected chi connectivity index (χ1v) is 18.3. The Morgan fingerprint density at radius 1 is 1.00 bits per heavy atom. The quantitative estimate of drug-likeness (QED) is 0.246. The number of nitrogens with one attached hydrogen (secondary N) is 3. The first-order chi connectivity index (χ1) is 21.9. The third kappa shape index (κ3) is 7.34. The molecule has 12 nitrogen and oxygen atoms in total. The predicted molar refractivity (Wildman–Crippen MR) is 174 cm³/mol. The van der Waals surface area contributed by atoms with Gasteiger partial charge in [0.25, 0.3) is 5.91 Å². The number of Topliss-reactive ketones (excluding diaryl/α,β-unsaturated/α-hetero) is 1. The van der Waals surface area contributed by atoms with Gasteiger partial charge in [-0.2, -0.15) is 0 Å². The van der Waals surface area contributed by atoms with Crippen molar-refractivity contribution in [1.29, 1.82) is 0 Å². The molecule has 5 N–H and O–H groups in total. The molecule has 1 saturated heterocycles. The molecule has 1 aromatic rings. The van der Waals surface area contributed by atoms with Crippen LogP contribution in [0.5, 0.6) is 0 Å².